The quantitative estimate of drug-likeness (QED) is 0.841. The number of nitriles is 1. The minimum atomic E-state index is -0.979. The van der Waals surface area contributed by atoms with Crippen LogP contribution in [0.1, 0.15) is 43.7 Å². The van der Waals surface area contributed by atoms with Gasteiger partial charge in [-0.3, -0.25) is 15.0 Å². The van der Waals surface area contributed by atoms with Crippen molar-refractivity contribution in [1.29, 1.82) is 5.26 Å². The summed E-state index contributed by atoms with van der Waals surface area (Å²) < 4.78 is 5.81. The molecule has 1 saturated carbocycles. The highest BCUT2D eigenvalue weighted by Crippen LogP contribution is 2.43. The number of aromatic nitrogens is 1. The second-order valence-electron chi connectivity index (χ2n) is 7.25. The molecule has 0 bridgehead atoms. The Hall–Kier alpha value is -3.40. The van der Waals surface area contributed by atoms with Crippen LogP contribution in [0, 0.1) is 11.3 Å². The van der Waals surface area contributed by atoms with E-state index < -0.39 is 11.6 Å². The molecule has 1 aliphatic carbocycles. The molecule has 1 aliphatic heterocycles. The Morgan fingerprint density at radius 3 is 2.59 bits per heavy atom. The van der Waals surface area contributed by atoms with Crippen molar-refractivity contribution in [2.75, 3.05) is 4.90 Å². The molecule has 4 rings (SSSR count). The summed E-state index contributed by atoms with van der Waals surface area (Å²) in [7, 11) is 0. The number of nitrogens with zero attached hydrogens (tertiary/aromatic N) is 3. The highest BCUT2D eigenvalue weighted by Gasteiger charge is 2.46. The van der Waals surface area contributed by atoms with Crippen LogP contribution in [0.15, 0.2) is 36.5 Å². The number of rotatable bonds is 4. The number of amides is 3. The first-order chi connectivity index (χ1) is 12.9. The first-order valence-corrected chi connectivity index (χ1v) is 8.74. The topological polar surface area (TPSA) is 95.3 Å². The third-order valence-electron chi connectivity index (χ3n) is 4.90. The van der Waals surface area contributed by atoms with E-state index in [0.717, 1.165) is 18.4 Å². The number of ether oxygens (including phenoxy) is 1. The normalized spacial score (nSPS) is 18.2. The first-order valence-electron chi connectivity index (χ1n) is 8.74. The van der Waals surface area contributed by atoms with E-state index in [-0.39, 0.29) is 5.91 Å². The molecule has 1 N–H and O–H groups in total. The molecule has 0 unspecified atom stereocenters. The molecule has 2 aliphatic rings. The first kappa shape index (κ1) is 17.0. The standard InChI is InChI=1S/C20H18N4O3/c1-20(2)18(25)23-19(26)24(20)14-6-8-17(22-11-14)27-15-7-5-13(10-21)16(9-15)12-3-4-12/h5-9,11-12H,3-4H2,1-2H3,(H,23,25,26). The minimum absolute atomic E-state index is 0.349. The second-order valence-corrected chi connectivity index (χ2v) is 7.25. The number of hydrogen-bond acceptors (Lipinski definition) is 5. The van der Waals surface area contributed by atoms with Crippen LogP contribution < -0.4 is 15.0 Å². The van der Waals surface area contributed by atoms with Crippen molar-refractivity contribution < 1.29 is 14.3 Å². The fourth-order valence-electron chi connectivity index (χ4n) is 3.23. The summed E-state index contributed by atoms with van der Waals surface area (Å²) in [5.74, 6) is 1.07. The minimum Gasteiger partial charge on any atom is -0.439 e. The molecule has 7 heteroatoms. The maximum atomic E-state index is 12.1. The molecule has 2 fully saturated rings. The van der Waals surface area contributed by atoms with E-state index in [0.29, 0.717) is 28.8 Å². The lowest BCUT2D eigenvalue weighted by molar-refractivity contribution is -0.122. The molecule has 1 aromatic carbocycles. The van der Waals surface area contributed by atoms with Gasteiger partial charge in [0.25, 0.3) is 5.91 Å². The highest BCUT2D eigenvalue weighted by atomic mass is 16.5. The molecular formula is C20H18N4O3. The van der Waals surface area contributed by atoms with Gasteiger partial charge in [-0.15, -0.1) is 0 Å². The lowest BCUT2D eigenvalue weighted by Gasteiger charge is -2.27. The van der Waals surface area contributed by atoms with Gasteiger partial charge in [-0.2, -0.15) is 5.26 Å². The highest BCUT2D eigenvalue weighted by molar-refractivity contribution is 6.16. The molecule has 0 spiro atoms. The number of nitrogens with one attached hydrogen (secondary N) is 1. The van der Waals surface area contributed by atoms with E-state index in [4.69, 9.17) is 4.74 Å². The Morgan fingerprint density at radius 1 is 1.26 bits per heavy atom. The van der Waals surface area contributed by atoms with Crippen LogP contribution in [0.2, 0.25) is 0 Å². The average Bonchev–Trinajstić information content (AvgIpc) is 3.45. The molecule has 7 nitrogen and oxygen atoms in total. The predicted octanol–water partition coefficient (Wildman–Crippen LogP) is 3.46. The van der Waals surface area contributed by atoms with Crippen molar-refractivity contribution in [1.82, 2.24) is 10.3 Å². The zero-order valence-electron chi connectivity index (χ0n) is 15.0. The molecule has 3 amide bonds. The van der Waals surface area contributed by atoms with Gasteiger partial charge in [-0.05, 0) is 62.4 Å². The van der Waals surface area contributed by atoms with E-state index >= 15 is 0 Å². The van der Waals surface area contributed by atoms with Gasteiger partial charge >= 0.3 is 6.03 Å². The molecule has 0 radical (unpaired) electrons. The van der Waals surface area contributed by atoms with Gasteiger partial charge in [-0.1, -0.05) is 0 Å². The van der Waals surface area contributed by atoms with Gasteiger partial charge in [0.15, 0.2) is 0 Å². The van der Waals surface area contributed by atoms with E-state index in [9.17, 15) is 14.9 Å². The zero-order chi connectivity index (χ0) is 19.2. The Morgan fingerprint density at radius 2 is 2.04 bits per heavy atom. The van der Waals surface area contributed by atoms with Gasteiger partial charge in [0.2, 0.25) is 5.88 Å². The number of carbonyl (C=O) groups excluding carboxylic acids is 2. The number of benzene rings is 1. The summed E-state index contributed by atoms with van der Waals surface area (Å²) in [6.45, 7) is 3.35. The molecule has 1 aromatic heterocycles. The molecule has 27 heavy (non-hydrogen) atoms. The Balaban J connectivity index is 1.55. The smallest absolute Gasteiger partial charge is 0.329 e. The van der Waals surface area contributed by atoms with Crippen LogP contribution >= 0.6 is 0 Å². The van der Waals surface area contributed by atoms with Crippen LogP contribution in [0.3, 0.4) is 0 Å². The Labute approximate surface area is 156 Å². The van der Waals surface area contributed by atoms with Gasteiger partial charge in [-0.25, -0.2) is 9.78 Å². The van der Waals surface area contributed by atoms with Gasteiger partial charge in [0, 0.05) is 6.07 Å². The number of carbonyl (C=O) groups is 2. The molecule has 2 aromatic rings. The summed E-state index contributed by atoms with van der Waals surface area (Å²) in [6, 6.07) is 10.5. The van der Waals surface area contributed by atoms with Gasteiger partial charge < -0.3 is 4.74 Å². The fraction of sp³-hybridized carbons (Fsp3) is 0.300. The van der Waals surface area contributed by atoms with E-state index in [1.54, 1.807) is 38.1 Å². The lowest BCUT2D eigenvalue weighted by atomic mass is 10.0. The van der Waals surface area contributed by atoms with Crippen LogP contribution in [-0.4, -0.2) is 22.5 Å². The number of pyridine rings is 1. The number of hydrogen-bond donors (Lipinski definition) is 1. The summed E-state index contributed by atoms with van der Waals surface area (Å²) >= 11 is 0. The zero-order valence-corrected chi connectivity index (χ0v) is 15.0. The van der Waals surface area contributed by atoms with Crippen molar-refractivity contribution in [2.45, 2.75) is 38.1 Å². The second kappa shape index (κ2) is 6.09. The number of anilines is 1. The monoisotopic (exact) mass is 362 g/mol. The van der Waals surface area contributed by atoms with E-state index in [2.05, 4.69) is 16.4 Å². The maximum absolute atomic E-state index is 12.1. The Kier molecular flexibility index (Phi) is 3.84. The van der Waals surface area contributed by atoms with Crippen molar-refractivity contribution in [3.8, 4) is 17.7 Å². The van der Waals surface area contributed by atoms with E-state index in [1.807, 2.05) is 6.07 Å². The number of urea groups is 1. The molecular weight excluding hydrogens is 344 g/mol. The summed E-state index contributed by atoms with van der Waals surface area (Å²) in [5, 5.41) is 11.5. The van der Waals surface area contributed by atoms with Crippen LogP contribution in [-0.2, 0) is 4.79 Å². The largest absolute Gasteiger partial charge is 0.439 e. The molecule has 136 valence electrons. The van der Waals surface area contributed by atoms with Crippen molar-refractivity contribution >= 4 is 17.6 Å². The lowest BCUT2D eigenvalue weighted by Crippen LogP contribution is -2.44. The third kappa shape index (κ3) is 2.99. The van der Waals surface area contributed by atoms with Crippen LogP contribution in [0.5, 0.6) is 11.6 Å². The van der Waals surface area contributed by atoms with E-state index in [1.165, 1.54) is 11.1 Å². The maximum Gasteiger partial charge on any atom is 0.329 e. The average molecular weight is 362 g/mol. The molecule has 1 saturated heterocycles. The van der Waals surface area contributed by atoms with Crippen molar-refractivity contribution in [3.63, 3.8) is 0 Å². The molecule has 2 heterocycles. The predicted molar refractivity (Wildman–Crippen MR) is 97.5 cm³/mol. The van der Waals surface area contributed by atoms with Gasteiger partial charge in [0.05, 0.1) is 23.5 Å². The fourth-order valence-corrected chi connectivity index (χ4v) is 3.23. The number of imide groups is 1. The van der Waals surface area contributed by atoms with Gasteiger partial charge in [0.1, 0.15) is 11.3 Å². The van der Waals surface area contributed by atoms with Crippen molar-refractivity contribution in [3.05, 3.63) is 47.7 Å². The molecule has 0 atom stereocenters. The van der Waals surface area contributed by atoms with Crippen LogP contribution in [0.4, 0.5) is 10.5 Å². The van der Waals surface area contributed by atoms with Crippen molar-refractivity contribution in [2.24, 2.45) is 0 Å². The third-order valence-corrected chi connectivity index (χ3v) is 4.90. The van der Waals surface area contributed by atoms with Crippen LogP contribution in [0.25, 0.3) is 0 Å². The Bertz CT molecular complexity index is 972. The SMILES string of the molecule is CC1(C)C(=O)NC(=O)N1c1ccc(Oc2ccc(C#N)c(C3CC3)c2)nc1. The summed E-state index contributed by atoms with van der Waals surface area (Å²) in [6.07, 6.45) is 3.69. The summed E-state index contributed by atoms with van der Waals surface area (Å²) in [5.41, 5.74) is 1.22. The summed E-state index contributed by atoms with van der Waals surface area (Å²) in [4.78, 5) is 29.6.